The van der Waals surface area contributed by atoms with E-state index in [0.29, 0.717) is 32.2 Å². The molecule has 3 saturated heterocycles. The Morgan fingerprint density at radius 3 is 2.45 bits per heavy atom. The molecule has 7 nitrogen and oxygen atoms in total. The standard InChI is InChI=1S/C21H29N3O4S/c25-29(26,22-10-1-2-11-22)23-12-6-18(7-13-23)28-21-5-3-4-20-19(21)8-14-24(20)17-9-15-27-16-17/h3-5,8,14,17-18H,1-2,6-7,9-13,15-16H2. The van der Waals surface area contributed by atoms with Gasteiger partial charge >= 0.3 is 0 Å². The lowest BCUT2D eigenvalue weighted by atomic mass is 10.1. The molecule has 0 radical (unpaired) electrons. The first-order chi connectivity index (χ1) is 14.1. The van der Waals surface area contributed by atoms with E-state index in [-0.39, 0.29) is 6.10 Å². The van der Waals surface area contributed by atoms with Gasteiger partial charge in [0.2, 0.25) is 0 Å². The molecule has 1 aromatic heterocycles. The zero-order valence-electron chi connectivity index (χ0n) is 16.7. The molecule has 1 unspecified atom stereocenters. The molecule has 3 aliphatic heterocycles. The van der Waals surface area contributed by atoms with Crippen LogP contribution in [0.2, 0.25) is 0 Å². The van der Waals surface area contributed by atoms with Crippen LogP contribution in [-0.4, -0.2) is 67.1 Å². The zero-order chi connectivity index (χ0) is 19.8. The summed E-state index contributed by atoms with van der Waals surface area (Å²) in [6.07, 6.45) is 6.59. The van der Waals surface area contributed by atoms with E-state index in [1.165, 1.54) is 5.52 Å². The zero-order valence-corrected chi connectivity index (χ0v) is 17.5. The fourth-order valence-electron chi connectivity index (χ4n) is 4.77. The fraction of sp³-hybridized carbons (Fsp3) is 0.619. The number of benzene rings is 1. The van der Waals surface area contributed by atoms with Gasteiger partial charge in [-0.2, -0.15) is 17.0 Å². The minimum atomic E-state index is -3.30. The summed E-state index contributed by atoms with van der Waals surface area (Å²) in [7, 11) is -3.30. The normalized spacial score (nSPS) is 25.2. The van der Waals surface area contributed by atoms with E-state index in [2.05, 4.69) is 22.9 Å². The van der Waals surface area contributed by atoms with E-state index in [9.17, 15) is 8.42 Å². The summed E-state index contributed by atoms with van der Waals surface area (Å²) in [5.41, 5.74) is 1.17. The molecule has 0 saturated carbocycles. The van der Waals surface area contributed by atoms with Gasteiger partial charge in [-0.15, -0.1) is 0 Å². The molecule has 0 amide bonds. The van der Waals surface area contributed by atoms with E-state index in [1.807, 2.05) is 12.1 Å². The summed E-state index contributed by atoms with van der Waals surface area (Å²) in [4.78, 5) is 0. The van der Waals surface area contributed by atoms with Crippen molar-refractivity contribution in [3.63, 3.8) is 0 Å². The highest BCUT2D eigenvalue weighted by Crippen LogP contribution is 2.33. The maximum absolute atomic E-state index is 12.8. The highest BCUT2D eigenvalue weighted by atomic mass is 32.2. The first-order valence-corrected chi connectivity index (χ1v) is 12.1. The summed E-state index contributed by atoms with van der Waals surface area (Å²) in [5.74, 6) is 0.890. The Morgan fingerprint density at radius 1 is 0.966 bits per heavy atom. The maximum atomic E-state index is 12.8. The monoisotopic (exact) mass is 419 g/mol. The topological polar surface area (TPSA) is 64.0 Å². The third-order valence-electron chi connectivity index (χ3n) is 6.43. The second-order valence-electron chi connectivity index (χ2n) is 8.26. The highest BCUT2D eigenvalue weighted by Gasteiger charge is 2.34. The number of nitrogens with zero attached hydrogens (tertiary/aromatic N) is 3. The molecular weight excluding hydrogens is 390 g/mol. The molecule has 0 spiro atoms. The van der Waals surface area contributed by atoms with E-state index in [0.717, 1.165) is 56.5 Å². The smallest absolute Gasteiger partial charge is 0.281 e. The van der Waals surface area contributed by atoms with Crippen LogP contribution in [-0.2, 0) is 14.9 Å². The van der Waals surface area contributed by atoms with Crippen molar-refractivity contribution in [2.24, 2.45) is 0 Å². The molecule has 1 atom stereocenters. The third kappa shape index (κ3) is 3.67. The number of fused-ring (bicyclic) bond motifs is 1. The summed E-state index contributed by atoms with van der Waals surface area (Å²) in [6, 6.07) is 8.70. The Bertz CT molecular complexity index is 953. The quantitative estimate of drug-likeness (QED) is 0.748. The third-order valence-corrected chi connectivity index (χ3v) is 8.47. The van der Waals surface area contributed by atoms with Gasteiger partial charge in [-0.3, -0.25) is 0 Å². The molecule has 5 rings (SSSR count). The van der Waals surface area contributed by atoms with Crippen LogP contribution in [0.5, 0.6) is 5.75 Å². The Balaban J connectivity index is 1.26. The summed E-state index contributed by atoms with van der Waals surface area (Å²) in [5, 5.41) is 1.12. The molecule has 0 N–H and O–H groups in total. The lowest BCUT2D eigenvalue weighted by Gasteiger charge is -2.33. The average Bonchev–Trinajstić information content (AvgIpc) is 3.49. The van der Waals surface area contributed by atoms with Gasteiger partial charge < -0.3 is 14.0 Å². The molecule has 4 heterocycles. The van der Waals surface area contributed by atoms with E-state index >= 15 is 0 Å². The molecule has 8 heteroatoms. The molecule has 3 fully saturated rings. The predicted octanol–water partition coefficient (Wildman–Crippen LogP) is 2.79. The Kier molecular flexibility index (Phi) is 5.28. The van der Waals surface area contributed by atoms with Crippen molar-refractivity contribution in [1.29, 1.82) is 0 Å². The van der Waals surface area contributed by atoms with Crippen molar-refractivity contribution in [2.45, 2.75) is 44.2 Å². The number of hydrogen-bond acceptors (Lipinski definition) is 4. The molecule has 2 aromatic rings. The van der Waals surface area contributed by atoms with Gasteiger partial charge in [0, 0.05) is 44.4 Å². The van der Waals surface area contributed by atoms with Crippen molar-refractivity contribution in [1.82, 2.24) is 13.2 Å². The van der Waals surface area contributed by atoms with Crippen LogP contribution in [0.25, 0.3) is 10.9 Å². The number of rotatable bonds is 5. The molecule has 0 bridgehead atoms. The van der Waals surface area contributed by atoms with E-state index in [1.54, 1.807) is 8.61 Å². The maximum Gasteiger partial charge on any atom is 0.281 e. The van der Waals surface area contributed by atoms with Gasteiger partial charge in [0.05, 0.1) is 18.2 Å². The second kappa shape index (κ2) is 7.91. The van der Waals surface area contributed by atoms with Gasteiger partial charge in [-0.05, 0) is 50.3 Å². The highest BCUT2D eigenvalue weighted by molar-refractivity contribution is 7.86. The van der Waals surface area contributed by atoms with Crippen molar-refractivity contribution in [2.75, 3.05) is 39.4 Å². The molecule has 1 aromatic carbocycles. The largest absolute Gasteiger partial charge is 0.490 e. The molecule has 29 heavy (non-hydrogen) atoms. The lowest BCUT2D eigenvalue weighted by molar-refractivity contribution is 0.134. The van der Waals surface area contributed by atoms with Crippen LogP contribution in [0.15, 0.2) is 30.5 Å². The van der Waals surface area contributed by atoms with Crippen molar-refractivity contribution in [3.05, 3.63) is 30.5 Å². The van der Waals surface area contributed by atoms with Crippen LogP contribution in [0.4, 0.5) is 0 Å². The van der Waals surface area contributed by atoms with Crippen LogP contribution in [0.1, 0.15) is 38.1 Å². The van der Waals surface area contributed by atoms with Crippen LogP contribution in [0, 0.1) is 0 Å². The summed E-state index contributed by atoms with van der Waals surface area (Å²) >= 11 is 0. The van der Waals surface area contributed by atoms with E-state index in [4.69, 9.17) is 9.47 Å². The van der Waals surface area contributed by atoms with Crippen molar-refractivity contribution < 1.29 is 17.9 Å². The predicted molar refractivity (Wildman–Crippen MR) is 111 cm³/mol. The minimum Gasteiger partial charge on any atom is -0.490 e. The number of piperidine rings is 1. The van der Waals surface area contributed by atoms with E-state index < -0.39 is 10.2 Å². The first kappa shape index (κ1) is 19.4. The lowest BCUT2D eigenvalue weighted by Crippen LogP contribution is -2.47. The molecule has 0 aliphatic carbocycles. The van der Waals surface area contributed by atoms with Gasteiger partial charge in [0.25, 0.3) is 10.2 Å². The Morgan fingerprint density at radius 2 is 1.72 bits per heavy atom. The van der Waals surface area contributed by atoms with Crippen molar-refractivity contribution in [3.8, 4) is 5.75 Å². The van der Waals surface area contributed by atoms with Gasteiger partial charge in [-0.25, -0.2) is 0 Å². The fourth-order valence-corrected chi connectivity index (χ4v) is 6.48. The first-order valence-electron chi connectivity index (χ1n) is 10.7. The van der Waals surface area contributed by atoms with Crippen molar-refractivity contribution >= 4 is 21.1 Å². The number of hydrogen-bond donors (Lipinski definition) is 0. The SMILES string of the molecule is O=S(=O)(N1CCCC1)N1CCC(Oc2cccc3c2ccn3C2CCOC2)CC1. The summed E-state index contributed by atoms with van der Waals surface area (Å²) in [6.45, 7) is 3.95. The molecule has 158 valence electrons. The molecular formula is C21H29N3O4S. The van der Waals surface area contributed by atoms with Crippen LogP contribution >= 0.6 is 0 Å². The second-order valence-corrected chi connectivity index (χ2v) is 10.2. The van der Waals surface area contributed by atoms with Gasteiger partial charge in [0.15, 0.2) is 0 Å². The van der Waals surface area contributed by atoms with Crippen LogP contribution < -0.4 is 4.74 Å². The van der Waals surface area contributed by atoms with Gasteiger partial charge in [-0.1, -0.05) is 6.07 Å². The molecule has 3 aliphatic rings. The van der Waals surface area contributed by atoms with Crippen LogP contribution in [0.3, 0.4) is 0 Å². The Hall–Kier alpha value is -1.61. The number of ether oxygens (including phenoxy) is 2. The summed E-state index contributed by atoms with van der Waals surface area (Å²) < 4.78 is 43.0. The average molecular weight is 420 g/mol. The van der Waals surface area contributed by atoms with Gasteiger partial charge in [0.1, 0.15) is 11.9 Å². The minimum absolute atomic E-state index is 0.0452. The number of aromatic nitrogens is 1. The Labute approximate surface area is 172 Å².